The molecule has 0 bridgehead atoms. The van der Waals surface area contributed by atoms with E-state index in [1.165, 1.54) is 103 Å². The lowest BCUT2D eigenvalue weighted by Crippen LogP contribution is -2.61. The molecule has 0 radical (unpaired) electrons. The van der Waals surface area contributed by atoms with E-state index in [-0.39, 0.29) is 19.6 Å². The fourth-order valence-electron chi connectivity index (χ4n) is 8.70. The molecule has 2 aliphatic heterocycles. The quantitative estimate of drug-likeness (QED) is 0.0172. The zero-order valence-electron chi connectivity index (χ0n) is 46.3. The lowest BCUT2D eigenvalue weighted by atomic mass is 9.98. The number of aliphatic hydroxyl groups is 7. The van der Waals surface area contributed by atoms with Crippen molar-refractivity contribution in [1.29, 1.82) is 0 Å². The first-order valence-corrected chi connectivity index (χ1v) is 29.2. The fourth-order valence-corrected chi connectivity index (χ4v) is 8.70. The summed E-state index contributed by atoms with van der Waals surface area (Å²) in [6.07, 6.45) is 45.1. The molecule has 0 aromatic heterocycles. The van der Waals surface area contributed by atoms with Crippen LogP contribution >= 0.6 is 0 Å². The number of aliphatic hydroxyl groups excluding tert-OH is 7. The van der Waals surface area contributed by atoms with E-state index in [1.807, 2.05) is 6.08 Å². The van der Waals surface area contributed by atoms with E-state index in [0.29, 0.717) is 19.4 Å². The summed E-state index contributed by atoms with van der Waals surface area (Å²) in [6, 6.07) is 0. The van der Waals surface area contributed by atoms with Gasteiger partial charge in [0.25, 0.3) is 0 Å². The van der Waals surface area contributed by atoms with E-state index in [1.54, 1.807) is 0 Å². The first-order chi connectivity index (χ1) is 36.6. The Morgan fingerprint density at radius 3 is 1.36 bits per heavy atom. The van der Waals surface area contributed by atoms with Crippen molar-refractivity contribution >= 4 is 5.97 Å². The van der Waals surface area contributed by atoms with Crippen LogP contribution in [0.3, 0.4) is 0 Å². The highest BCUT2D eigenvalue weighted by atomic mass is 16.7. The number of hydrogen-bond donors (Lipinski definition) is 7. The van der Waals surface area contributed by atoms with E-state index < -0.39 is 86.7 Å². The zero-order chi connectivity index (χ0) is 54.4. The average molecular weight is 1060 g/mol. The molecule has 0 saturated carbocycles. The van der Waals surface area contributed by atoms with Crippen LogP contribution in [0.1, 0.15) is 194 Å². The minimum Gasteiger partial charge on any atom is -0.457 e. The van der Waals surface area contributed by atoms with Gasteiger partial charge >= 0.3 is 5.97 Å². The van der Waals surface area contributed by atoms with E-state index in [4.69, 9.17) is 28.4 Å². The number of rotatable bonds is 46. The topological polar surface area (TPSA) is 214 Å². The molecule has 7 N–H and O–H groups in total. The second-order valence-corrected chi connectivity index (χ2v) is 20.1. The highest BCUT2D eigenvalue weighted by molar-refractivity contribution is 5.69. The van der Waals surface area contributed by atoms with Crippen LogP contribution < -0.4 is 0 Å². The molecule has 2 aliphatic rings. The van der Waals surface area contributed by atoms with Crippen molar-refractivity contribution in [2.45, 2.75) is 261 Å². The molecule has 2 fully saturated rings. The predicted molar refractivity (Wildman–Crippen MR) is 298 cm³/mol. The Bertz CT molecular complexity index is 1560. The van der Waals surface area contributed by atoms with Gasteiger partial charge in [0, 0.05) is 13.0 Å². The van der Waals surface area contributed by atoms with Crippen molar-refractivity contribution in [3.8, 4) is 0 Å². The Labute approximate surface area is 452 Å². The highest BCUT2D eigenvalue weighted by Crippen LogP contribution is 2.26. The van der Waals surface area contributed by atoms with Crippen molar-refractivity contribution < 1.29 is 69.0 Å². The van der Waals surface area contributed by atoms with Gasteiger partial charge < -0.3 is 64.2 Å². The summed E-state index contributed by atoms with van der Waals surface area (Å²) in [4.78, 5) is 13.0. The maximum absolute atomic E-state index is 13.0. The third kappa shape index (κ3) is 33.9. The predicted octanol–water partition coefficient (Wildman–Crippen LogP) is 10.4. The van der Waals surface area contributed by atoms with Gasteiger partial charge in [0.15, 0.2) is 12.6 Å². The van der Waals surface area contributed by atoms with Gasteiger partial charge in [-0.1, -0.05) is 189 Å². The first kappa shape index (κ1) is 68.3. The number of ether oxygens (including phenoxy) is 6. The van der Waals surface area contributed by atoms with Gasteiger partial charge in [-0.15, -0.1) is 0 Å². The molecule has 75 heavy (non-hydrogen) atoms. The van der Waals surface area contributed by atoms with Gasteiger partial charge in [-0.25, -0.2) is 0 Å². The molecule has 11 atom stereocenters. The standard InChI is InChI=1S/C61H104O14/c1-3-5-7-9-11-13-15-17-19-21-22-23-24-25-26-27-29-31-33-35-37-39-41-43-45-70-47-50(73-53(63)44-42-40-38-36-34-32-30-28-20-18-16-14-12-10-8-6-4-2)48-71-60-59(69)57(67)55(65)52(75-60)49-72-61-58(68)56(66)54(64)51(46-62)74-61/h6,8,12,14-15,17-18,20-22,30,32,36,38,50-52,54-62,64-69H,3-5,7,9-11,13,16,19,23-29,31,33-35,37,39-49H2,1-2H3/b8-6-,14-12-,17-15-,20-18-,22-21-,32-30-,38-36-. The minimum atomic E-state index is -1.72. The van der Waals surface area contributed by atoms with Gasteiger partial charge in [-0.3, -0.25) is 4.79 Å². The van der Waals surface area contributed by atoms with Crippen molar-refractivity contribution in [2.24, 2.45) is 0 Å². The number of hydrogen-bond acceptors (Lipinski definition) is 14. The molecule has 0 aliphatic carbocycles. The van der Waals surface area contributed by atoms with Crippen LogP contribution in [0.15, 0.2) is 85.1 Å². The van der Waals surface area contributed by atoms with Crippen LogP contribution in [0.25, 0.3) is 0 Å². The van der Waals surface area contributed by atoms with Gasteiger partial charge in [-0.2, -0.15) is 0 Å². The molecule has 2 heterocycles. The van der Waals surface area contributed by atoms with Gasteiger partial charge in [0.05, 0.1) is 26.4 Å². The average Bonchev–Trinajstić information content (AvgIpc) is 3.41. The molecular formula is C61H104O14. The van der Waals surface area contributed by atoms with E-state index in [9.17, 15) is 40.5 Å². The Morgan fingerprint density at radius 1 is 0.453 bits per heavy atom. The van der Waals surface area contributed by atoms with Crippen molar-refractivity contribution in [3.63, 3.8) is 0 Å². The van der Waals surface area contributed by atoms with E-state index in [0.717, 1.165) is 57.8 Å². The Morgan fingerprint density at radius 2 is 0.867 bits per heavy atom. The van der Waals surface area contributed by atoms with Gasteiger partial charge in [0.1, 0.15) is 54.9 Å². The fraction of sp³-hybridized carbons (Fsp3) is 0.754. The van der Waals surface area contributed by atoms with Crippen LogP contribution in [-0.2, 0) is 33.2 Å². The van der Waals surface area contributed by atoms with E-state index in [2.05, 4.69) is 92.8 Å². The van der Waals surface area contributed by atoms with Crippen molar-refractivity contribution in [1.82, 2.24) is 0 Å². The zero-order valence-corrected chi connectivity index (χ0v) is 46.3. The lowest BCUT2D eigenvalue weighted by Gasteiger charge is -2.42. The highest BCUT2D eigenvalue weighted by Gasteiger charge is 2.47. The molecule has 0 aromatic rings. The summed E-state index contributed by atoms with van der Waals surface area (Å²) < 4.78 is 34.3. The number of unbranched alkanes of at least 4 members (excludes halogenated alkanes) is 18. The summed E-state index contributed by atoms with van der Waals surface area (Å²) in [5, 5.41) is 72.3. The molecule has 2 saturated heterocycles. The van der Waals surface area contributed by atoms with Crippen LogP contribution in [-0.4, -0.2) is 142 Å². The monoisotopic (exact) mass is 1060 g/mol. The summed E-state index contributed by atoms with van der Waals surface area (Å²) >= 11 is 0. The lowest BCUT2D eigenvalue weighted by molar-refractivity contribution is -0.332. The van der Waals surface area contributed by atoms with Crippen LogP contribution in [0.5, 0.6) is 0 Å². The minimum absolute atomic E-state index is 0.0335. The SMILES string of the molecule is CC/C=C\C/C=C\C/C=C\C/C=C\C/C=C\CCCC(=O)OC(COCCCCCCCCCCCCCC/C=C\C/C=C\CCCCCCC)COC1OC(COC2OC(CO)C(O)C(O)C2O)C(O)C(O)C1O. The van der Waals surface area contributed by atoms with E-state index >= 15 is 0 Å². The second-order valence-electron chi connectivity index (χ2n) is 20.1. The Kier molecular flexibility index (Phi) is 43.0. The molecule has 14 nitrogen and oxygen atoms in total. The molecule has 0 spiro atoms. The normalized spacial score (nSPS) is 25.2. The van der Waals surface area contributed by atoms with Crippen molar-refractivity contribution in [2.75, 3.05) is 33.0 Å². The molecule has 14 heteroatoms. The Hall–Kier alpha value is -2.83. The molecular weight excluding hydrogens is 957 g/mol. The maximum Gasteiger partial charge on any atom is 0.306 e. The third-order valence-electron chi connectivity index (χ3n) is 13.4. The molecule has 2 rings (SSSR count). The smallest absolute Gasteiger partial charge is 0.306 e. The summed E-state index contributed by atoms with van der Waals surface area (Å²) in [6.45, 7) is 3.48. The largest absolute Gasteiger partial charge is 0.457 e. The summed E-state index contributed by atoms with van der Waals surface area (Å²) in [5.41, 5.74) is 0. The number of carbonyl (C=O) groups is 1. The first-order valence-electron chi connectivity index (χ1n) is 29.2. The van der Waals surface area contributed by atoms with Crippen LogP contribution in [0.2, 0.25) is 0 Å². The van der Waals surface area contributed by atoms with Crippen LogP contribution in [0, 0.1) is 0 Å². The molecule has 432 valence electrons. The maximum atomic E-state index is 13.0. The Balaban J connectivity index is 1.72. The number of carbonyl (C=O) groups excluding carboxylic acids is 1. The molecule has 11 unspecified atom stereocenters. The van der Waals surface area contributed by atoms with Crippen molar-refractivity contribution in [3.05, 3.63) is 85.1 Å². The van der Waals surface area contributed by atoms with Gasteiger partial charge in [-0.05, 0) is 83.5 Å². The number of allylic oxidation sites excluding steroid dienone is 14. The summed E-state index contributed by atoms with van der Waals surface area (Å²) in [5.74, 6) is -0.434. The van der Waals surface area contributed by atoms with Crippen LogP contribution in [0.4, 0.5) is 0 Å². The third-order valence-corrected chi connectivity index (χ3v) is 13.4. The van der Waals surface area contributed by atoms with Gasteiger partial charge in [0.2, 0.25) is 0 Å². The second kappa shape index (κ2) is 47.2. The number of esters is 1. The summed E-state index contributed by atoms with van der Waals surface area (Å²) in [7, 11) is 0. The molecule has 0 amide bonds. The molecule has 0 aromatic carbocycles.